The fourth-order valence-corrected chi connectivity index (χ4v) is 1.91. The molecule has 0 spiro atoms. The van der Waals surface area contributed by atoms with Gasteiger partial charge in [0.05, 0.1) is 0 Å². The zero-order valence-corrected chi connectivity index (χ0v) is 13.0. The monoisotopic (exact) mass is 291 g/mol. The van der Waals surface area contributed by atoms with E-state index in [2.05, 4.69) is 10.6 Å². The van der Waals surface area contributed by atoms with Gasteiger partial charge in [-0.3, -0.25) is 9.59 Å². The van der Waals surface area contributed by atoms with Gasteiger partial charge in [0.1, 0.15) is 6.04 Å². The van der Waals surface area contributed by atoms with E-state index < -0.39 is 6.04 Å². The maximum atomic E-state index is 12.0. The first kappa shape index (κ1) is 17.2. The molecule has 0 aromatic heterocycles. The Labute approximate surface area is 126 Å². The number of rotatable bonds is 7. The minimum atomic E-state index is -0.556. The number of benzene rings is 1. The molecule has 0 saturated carbocycles. The van der Waals surface area contributed by atoms with Crippen molar-refractivity contribution in [3.63, 3.8) is 0 Å². The number of amides is 2. The molecule has 5 nitrogen and oxygen atoms in total. The third-order valence-electron chi connectivity index (χ3n) is 3.02. The van der Waals surface area contributed by atoms with Crippen molar-refractivity contribution in [1.29, 1.82) is 0 Å². The van der Waals surface area contributed by atoms with Crippen molar-refractivity contribution < 1.29 is 9.59 Å². The molecule has 0 aliphatic heterocycles. The molecule has 0 bridgehead atoms. The lowest BCUT2D eigenvalue weighted by Crippen LogP contribution is -2.41. The van der Waals surface area contributed by atoms with Crippen molar-refractivity contribution in [3.8, 4) is 0 Å². The SMILES string of the molecule is CC(C)CC(=O)N[C@@H](C)C(=O)Nc1ccc(CCN)cc1. The van der Waals surface area contributed by atoms with Crippen molar-refractivity contribution >= 4 is 17.5 Å². The maximum absolute atomic E-state index is 12.0. The molecular formula is C16H25N3O2. The highest BCUT2D eigenvalue weighted by molar-refractivity contribution is 5.96. The third-order valence-corrected chi connectivity index (χ3v) is 3.02. The van der Waals surface area contributed by atoms with Crippen LogP contribution < -0.4 is 16.4 Å². The standard InChI is InChI=1S/C16H25N3O2/c1-11(2)10-15(20)18-12(3)16(21)19-14-6-4-13(5-7-14)8-9-17/h4-7,11-12H,8-10,17H2,1-3H3,(H,18,20)(H,19,21)/t12-/m0/s1. The summed E-state index contributed by atoms with van der Waals surface area (Å²) in [7, 11) is 0. The number of hydrogen-bond acceptors (Lipinski definition) is 3. The first-order valence-electron chi connectivity index (χ1n) is 7.31. The van der Waals surface area contributed by atoms with Gasteiger partial charge < -0.3 is 16.4 Å². The maximum Gasteiger partial charge on any atom is 0.246 e. The Morgan fingerprint density at radius 2 is 1.76 bits per heavy atom. The molecule has 0 aliphatic carbocycles. The van der Waals surface area contributed by atoms with Gasteiger partial charge in [-0.2, -0.15) is 0 Å². The van der Waals surface area contributed by atoms with E-state index in [9.17, 15) is 9.59 Å². The summed E-state index contributed by atoms with van der Waals surface area (Å²) in [6.07, 6.45) is 1.24. The van der Waals surface area contributed by atoms with Crippen molar-refractivity contribution in [3.05, 3.63) is 29.8 Å². The van der Waals surface area contributed by atoms with Crippen LogP contribution in [-0.4, -0.2) is 24.4 Å². The topological polar surface area (TPSA) is 84.2 Å². The van der Waals surface area contributed by atoms with E-state index in [-0.39, 0.29) is 17.7 Å². The second-order valence-corrected chi connectivity index (χ2v) is 5.61. The average Bonchev–Trinajstić information content (AvgIpc) is 2.40. The Kier molecular flexibility index (Phi) is 6.88. The van der Waals surface area contributed by atoms with Crippen LogP contribution in [0.1, 0.15) is 32.8 Å². The van der Waals surface area contributed by atoms with E-state index in [0.29, 0.717) is 18.7 Å². The van der Waals surface area contributed by atoms with Crippen LogP contribution in [-0.2, 0) is 16.0 Å². The minimum absolute atomic E-state index is 0.106. The van der Waals surface area contributed by atoms with E-state index in [4.69, 9.17) is 5.73 Å². The normalized spacial score (nSPS) is 12.0. The molecule has 2 amide bonds. The number of carbonyl (C=O) groups excluding carboxylic acids is 2. The van der Waals surface area contributed by atoms with Crippen LogP contribution in [0.3, 0.4) is 0 Å². The van der Waals surface area contributed by atoms with E-state index in [1.165, 1.54) is 0 Å². The van der Waals surface area contributed by atoms with Gasteiger partial charge in [-0.05, 0) is 43.5 Å². The molecule has 4 N–H and O–H groups in total. The predicted octanol–water partition coefficient (Wildman–Crippen LogP) is 1.68. The summed E-state index contributed by atoms with van der Waals surface area (Å²) < 4.78 is 0. The Balaban J connectivity index is 2.49. The molecule has 0 saturated heterocycles. The van der Waals surface area contributed by atoms with Gasteiger partial charge in [0.15, 0.2) is 0 Å². The van der Waals surface area contributed by atoms with Crippen LogP contribution in [0.4, 0.5) is 5.69 Å². The summed E-state index contributed by atoms with van der Waals surface area (Å²) in [6, 6.07) is 6.99. The lowest BCUT2D eigenvalue weighted by atomic mass is 10.1. The zero-order chi connectivity index (χ0) is 15.8. The first-order chi connectivity index (χ1) is 9.92. The molecule has 116 valence electrons. The Morgan fingerprint density at radius 1 is 1.14 bits per heavy atom. The van der Waals surface area contributed by atoms with Crippen LogP contribution >= 0.6 is 0 Å². The molecule has 5 heteroatoms. The van der Waals surface area contributed by atoms with E-state index in [1.54, 1.807) is 6.92 Å². The molecule has 1 atom stereocenters. The van der Waals surface area contributed by atoms with Crippen molar-refractivity contribution in [2.45, 2.75) is 39.7 Å². The van der Waals surface area contributed by atoms with Crippen molar-refractivity contribution in [1.82, 2.24) is 5.32 Å². The molecule has 0 heterocycles. The summed E-state index contributed by atoms with van der Waals surface area (Å²) in [6.45, 7) is 6.21. The fourth-order valence-electron chi connectivity index (χ4n) is 1.91. The number of carbonyl (C=O) groups is 2. The van der Waals surface area contributed by atoms with Crippen LogP contribution in [0.2, 0.25) is 0 Å². The van der Waals surface area contributed by atoms with Crippen LogP contribution in [0.25, 0.3) is 0 Å². The van der Waals surface area contributed by atoms with Gasteiger partial charge in [0.25, 0.3) is 0 Å². The molecule has 0 aliphatic rings. The van der Waals surface area contributed by atoms with Gasteiger partial charge in [-0.1, -0.05) is 26.0 Å². The lowest BCUT2D eigenvalue weighted by molar-refractivity contribution is -0.126. The molecule has 0 fully saturated rings. The molecule has 1 aromatic carbocycles. The number of anilines is 1. The van der Waals surface area contributed by atoms with Gasteiger partial charge in [-0.15, -0.1) is 0 Å². The van der Waals surface area contributed by atoms with Crippen LogP contribution in [0.15, 0.2) is 24.3 Å². The third kappa shape index (κ3) is 6.40. The van der Waals surface area contributed by atoms with E-state index >= 15 is 0 Å². The lowest BCUT2D eigenvalue weighted by Gasteiger charge is -2.15. The summed E-state index contributed by atoms with van der Waals surface area (Å²) >= 11 is 0. The van der Waals surface area contributed by atoms with E-state index in [1.807, 2.05) is 38.1 Å². The fraction of sp³-hybridized carbons (Fsp3) is 0.500. The molecular weight excluding hydrogens is 266 g/mol. The van der Waals surface area contributed by atoms with Gasteiger partial charge in [0.2, 0.25) is 11.8 Å². The number of nitrogens with one attached hydrogen (secondary N) is 2. The minimum Gasteiger partial charge on any atom is -0.345 e. The molecule has 0 unspecified atom stereocenters. The Morgan fingerprint density at radius 3 is 2.29 bits per heavy atom. The van der Waals surface area contributed by atoms with Crippen LogP contribution in [0, 0.1) is 5.92 Å². The van der Waals surface area contributed by atoms with E-state index in [0.717, 1.165) is 12.0 Å². The van der Waals surface area contributed by atoms with Gasteiger partial charge in [-0.25, -0.2) is 0 Å². The molecule has 1 rings (SSSR count). The second kappa shape index (κ2) is 8.42. The zero-order valence-electron chi connectivity index (χ0n) is 13.0. The van der Waals surface area contributed by atoms with Gasteiger partial charge >= 0.3 is 0 Å². The predicted molar refractivity (Wildman–Crippen MR) is 84.9 cm³/mol. The van der Waals surface area contributed by atoms with Crippen LogP contribution in [0.5, 0.6) is 0 Å². The highest BCUT2D eigenvalue weighted by Crippen LogP contribution is 2.10. The number of nitrogens with two attached hydrogens (primary N) is 1. The highest BCUT2D eigenvalue weighted by atomic mass is 16.2. The Hall–Kier alpha value is -1.88. The summed E-state index contributed by atoms with van der Waals surface area (Å²) in [5.41, 5.74) is 7.34. The largest absolute Gasteiger partial charge is 0.345 e. The van der Waals surface area contributed by atoms with Crippen molar-refractivity contribution in [2.75, 3.05) is 11.9 Å². The van der Waals surface area contributed by atoms with Gasteiger partial charge in [0, 0.05) is 12.1 Å². The second-order valence-electron chi connectivity index (χ2n) is 5.61. The first-order valence-corrected chi connectivity index (χ1v) is 7.31. The smallest absolute Gasteiger partial charge is 0.246 e. The summed E-state index contributed by atoms with van der Waals surface area (Å²) in [4.78, 5) is 23.6. The molecule has 21 heavy (non-hydrogen) atoms. The highest BCUT2D eigenvalue weighted by Gasteiger charge is 2.16. The summed E-state index contributed by atoms with van der Waals surface area (Å²) in [5, 5.41) is 5.48. The number of hydrogen-bond donors (Lipinski definition) is 3. The van der Waals surface area contributed by atoms with Crippen molar-refractivity contribution in [2.24, 2.45) is 11.7 Å². The Bertz CT molecular complexity index is 469. The summed E-state index contributed by atoms with van der Waals surface area (Å²) in [5.74, 6) is -0.0556. The molecule has 0 radical (unpaired) electrons. The quantitative estimate of drug-likeness (QED) is 0.714. The average molecular weight is 291 g/mol. The molecule has 1 aromatic rings.